The molecule has 1 aliphatic heterocycles. The van der Waals surface area contributed by atoms with Crippen molar-refractivity contribution < 1.29 is 9.47 Å². The Bertz CT molecular complexity index is 559. The minimum atomic E-state index is 0.197. The van der Waals surface area contributed by atoms with Crippen LogP contribution < -0.4 is 10.5 Å². The summed E-state index contributed by atoms with van der Waals surface area (Å²) in [6.07, 6.45) is 2.37. The van der Waals surface area contributed by atoms with Crippen LogP contribution in [0.25, 0.3) is 10.9 Å². The second-order valence-electron chi connectivity index (χ2n) is 4.65. The summed E-state index contributed by atoms with van der Waals surface area (Å²) in [5.41, 5.74) is 7.54. The van der Waals surface area contributed by atoms with E-state index in [9.17, 15) is 0 Å². The summed E-state index contributed by atoms with van der Waals surface area (Å²) >= 11 is 0. The number of rotatable bonds is 3. The molecule has 5 nitrogen and oxygen atoms in total. The summed E-state index contributed by atoms with van der Waals surface area (Å²) in [4.78, 5) is 0. The van der Waals surface area contributed by atoms with Gasteiger partial charge < -0.3 is 15.2 Å². The zero-order valence-electron chi connectivity index (χ0n) is 10.4. The van der Waals surface area contributed by atoms with Gasteiger partial charge in [-0.15, -0.1) is 5.10 Å². The molecular formula is C13H17N3O2. The number of hydrogen-bond acceptors (Lipinski definition) is 4. The molecule has 2 N–H and O–H groups in total. The molecule has 1 aromatic carbocycles. The molecule has 0 aliphatic carbocycles. The summed E-state index contributed by atoms with van der Waals surface area (Å²) in [6.45, 7) is 1.39. The molecule has 0 saturated carbocycles. The third kappa shape index (κ3) is 2.01. The Morgan fingerprint density at radius 2 is 2.44 bits per heavy atom. The van der Waals surface area contributed by atoms with Crippen LogP contribution in [-0.2, 0) is 11.8 Å². The van der Waals surface area contributed by atoms with Crippen molar-refractivity contribution in [3.05, 3.63) is 18.2 Å². The quantitative estimate of drug-likeness (QED) is 0.839. The number of anilines is 1. The minimum absolute atomic E-state index is 0.197. The molecule has 1 fully saturated rings. The summed E-state index contributed by atoms with van der Waals surface area (Å²) < 4.78 is 13.1. The van der Waals surface area contributed by atoms with Crippen LogP contribution in [0.4, 0.5) is 5.69 Å². The molecule has 0 spiro atoms. The average Bonchev–Trinajstić information content (AvgIpc) is 2.95. The number of aromatic nitrogens is 2. The summed E-state index contributed by atoms with van der Waals surface area (Å²) in [7, 11) is 1.90. The van der Waals surface area contributed by atoms with Crippen LogP contribution in [0, 0.1) is 0 Å². The Labute approximate surface area is 105 Å². The van der Waals surface area contributed by atoms with Gasteiger partial charge in [-0.05, 0) is 31.0 Å². The Morgan fingerprint density at radius 3 is 3.22 bits per heavy atom. The molecule has 5 heteroatoms. The maximum absolute atomic E-state index is 5.80. The summed E-state index contributed by atoms with van der Waals surface area (Å²) in [5.74, 6) is 0.635. The molecule has 0 radical (unpaired) electrons. The molecule has 2 heterocycles. The van der Waals surface area contributed by atoms with Crippen LogP contribution in [0.2, 0.25) is 0 Å². The van der Waals surface area contributed by atoms with Crippen LogP contribution in [0.3, 0.4) is 0 Å². The highest BCUT2D eigenvalue weighted by atomic mass is 16.5. The monoisotopic (exact) mass is 247 g/mol. The molecule has 1 aliphatic rings. The maximum Gasteiger partial charge on any atom is 0.240 e. The van der Waals surface area contributed by atoms with Gasteiger partial charge in [-0.3, -0.25) is 4.68 Å². The molecule has 3 rings (SSSR count). The normalized spacial score (nSPS) is 19.5. The molecular weight excluding hydrogens is 230 g/mol. The number of nitrogens with two attached hydrogens (primary N) is 1. The van der Waals surface area contributed by atoms with Crippen LogP contribution >= 0.6 is 0 Å². The van der Waals surface area contributed by atoms with Gasteiger partial charge in [0.05, 0.1) is 17.0 Å². The topological polar surface area (TPSA) is 62.3 Å². The number of ether oxygens (including phenoxy) is 2. The van der Waals surface area contributed by atoms with Gasteiger partial charge in [0.25, 0.3) is 0 Å². The third-order valence-corrected chi connectivity index (χ3v) is 3.27. The first kappa shape index (κ1) is 11.3. The highest BCUT2D eigenvalue weighted by molar-refractivity contribution is 5.87. The predicted molar refractivity (Wildman–Crippen MR) is 69.6 cm³/mol. The van der Waals surface area contributed by atoms with Crippen molar-refractivity contribution in [2.45, 2.75) is 18.9 Å². The van der Waals surface area contributed by atoms with Crippen molar-refractivity contribution in [1.29, 1.82) is 0 Å². The van der Waals surface area contributed by atoms with E-state index in [1.807, 2.05) is 25.2 Å². The largest absolute Gasteiger partial charge is 0.473 e. The average molecular weight is 247 g/mol. The number of nitrogen functional groups attached to an aromatic ring is 1. The Morgan fingerprint density at radius 1 is 1.56 bits per heavy atom. The van der Waals surface area contributed by atoms with Gasteiger partial charge in [0, 0.05) is 19.3 Å². The summed E-state index contributed by atoms with van der Waals surface area (Å²) in [5, 5.41) is 5.33. The van der Waals surface area contributed by atoms with E-state index in [4.69, 9.17) is 15.2 Å². The van der Waals surface area contributed by atoms with Gasteiger partial charge in [-0.2, -0.15) is 0 Å². The first-order chi connectivity index (χ1) is 8.74. The van der Waals surface area contributed by atoms with E-state index < -0.39 is 0 Å². The van der Waals surface area contributed by atoms with Gasteiger partial charge in [-0.1, -0.05) is 0 Å². The van der Waals surface area contributed by atoms with Crippen LogP contribution in [0.5, 0.6) is 5.88 Å². The third-order valence-electron chi connectivity index (χ3n) is 3.27. The van der Waals surface area contributed by atoms with Crippen LogP contribution in [0.15, 0.2) is 18.2 Å². The van der Waals surface area contributed by atoms with Gasteiger partial charge in [0.1, 0.15) is 6.61 Å². The van der Waals surface area contributed by atoms with Crippen molar-refractivity contribution in [3.63, 3.8) is 0 Å². The highest BCUT2D eigenvalue weighted by Crippen LogP contribution is 2.27. The zero-order valence-corrected chi connectivity index (χ0v) is 10.4. The fourth-order valence-corrected chi connectivity index (χ4v) is 2.31. The second-order valence-corrected chi connectivity index (χ2v) is 4.65. The lowest BCUT2D eigenvalue weighted by atomic mass is 10.2. The van der Waals surface area contributed by atoms with Crippen LogP contribution in [-0.4, -0.2) is 29.1 Å². The van der Waals surface area contributed by atoms with E-state index >= 15 is 0 Å². The maximum atomic E-state index is 5.80. The number of benzene rings is 1. The first-order valence-corrected chi connectivity index (χ1v) is 6.20. The minimum Gasteiger partial charge on any atom is -0.473 e. The Balaban J connectivity index is 1.84. The molecule has 0 amide bonds. The lowest BCUT2D eigenvalue weighted by Crippen LogP contribution is -2.16. The molecule has 1 unspecified atom stereocenters. The van der Waals surface area contributed by atoms with E-state index in [0.717, 1.165) is 36.0 Å². The second kappa shape index (κ2) is 4.49. The Hall–Kier alpha value is -1.75. The van der Waals surface area contributed by atoms with E-state index in [1.165, 1.54) is 0 Å². The van der Waals surface area contributed by atoms with E-state index in [-0.39, 0.29) is 6.10 Å². The molecule has 1 atom stereocenters. The number of hydrogen-bond donors (Lipinski definition) is 1. The first-order valence-electron chi connectivity index (χ1n) is 6.20. The van der Waals surface area contributed by atoms with Crippen molar-refractivity contribution in [2.24, 2.45) is 7.05 Å². The van der Waals surface area contributed by atoms with E-state index in [1.54, 1.807) is 4.68 Å². The van der Waals surface area contributed by atoms with Crippen molar-refractivity contribution >= 4 is 16.6 Å². The predicted octanol–water partition coefficient (Wildman–Crippen LogP) is 1.71. The Kier molecular flexibility index (Phi) is 2.83. The van der Waals surface area contributed by atoms with Crippen molar-refractivity contribution in [2.75, 3.05) is 18.9 Å². The fourth-order valence-electron chi connectivity index (χ4n) is 2.31. The zero-order chi connectivity index (χ0) is 12.5. The number of aryl methyl sites for hydroxylation is 1. The smallest absolute Gasteiger partial charge is 0.240 e. The lowest BCUT2D eigenvalue weighted by Gasteiger charge is -2.09. The molecule has 96 valence electrons. The highest BCUT2D eigenvalue weighted by Gasteiger charge is 2.18. The molecule has 2 aromatic rings. The van der Waals surface area contributed by atoms with E-state index in [0.29, 0.717) is 12.5 Å². The number of fused-ring (bicyclic) bond motifs is 1. The van der Waals surface area contributed by atoms with E-state index in [2.05, 4.69) is 5.10 Å². The lowest BCUT2D eigenvalue weighted by molar-refractivity contribution is 0.0666. The standard InChI is InChI=1S/C13H17N3O2/c1-16-12-5-4-9(14)7-11(12)13(15-16)18-8-10-3-2-6-17-10/h4-5,7,10H,2-3,6,8,14H2,1H3. The van der Waals surface area contributed by atoms with Crippen molar-refractivity contribution in [3.8, 4) is 5.88 Å². The molecule has 1 saturated heterocycles. The van der Waals surface area contributed by atoms with Gasteiger partial charge >= 0.3 is 0 Å². The molecule has 0 bridgehead atoms. The number of nitrogens with zero attached hydrogens (tertiary/aromatic N) is 2. The molecule has 1 aromatic heterocycles. The van der Waals surface area contributed by atoms with Crippen LogP contribution in [0.1, 0.15) is 12.8 Å². The summed E-state index contributed by atoms with van der Waals surface area (Å²) in [6, 6.07) is 5.72. The molecule has 18 heavy (non-hydrogen) atoms. The SMILES string of the molecule is Cn1nc(OCC2CCCO2)c2cc(N)ccc21. The fraction of sp³-hybridized carbons (Fsp3) is 0.462. The van der Waals surface area contributed by atoms with Gasteiger partial charge in [-0.25, -0.2) is 0 Å². The van der Waals surface area contributed by atoms with Gasteiger partial charge in [0.15, 0.2) is 0 Å². The van der Waals surface area contributed by atoms with Gasteiger partial charge in [0.2, 0.25) is 5.88 Å². The van der Waals surface area contributed by atoms with Crippen molar-refractivity contribution in [1.82, 2.24) is 9.78 Å².